The molecule has 3 rings (SSSR count). The fourth-order valence-electron chi connectivity index (χ4n) is 3.52. The summed E-state index contributed by atoms with van der Waals surface area (Å²) in [5.41, 5.74) is -0.348. The summed E-state index contributed by atoms with van der Waals surface area (Å²) in [7, 11) is 0. The van der Waals surface area contributed by atoms with Gasteiger partial charge in [-0.15, -0.1) is 5.10 Å². The van der Waals surface area contributed by atoms with Crippen LogP contribution in [0.25, 0.3) is 0 Å². The number of hydrogen-bond acceptors (Lipinski definition) is 5. The third-order valence-corrected chi connectivity index (χ3v) is 6.22. The molecular weight excluding hydrogens is 417 g/mol. The maximum Gasteiger partial charge on any atom is 0.418 e. The smallest absolute Gasteiger partial charge is 0.325 e. The Labute approximate surface area is 176 Å². The zero-order valence-corrected chi connectivity index (χ0v) is 17.3. The van der Waals surface area contributed by atoms with Gasteiger partial charge in [-0.3, -0.25) is 9.59 Å². The monoisotopic (exact) mass is 440 g/mol. The fourth-order valence-corrected chi connectivity index (χ4v) is 4.44. The average molecular weight is 440 g/mol. The van der Waals surface area contributed by atoms with E-state index in [4.69, 9.17) is 0 Å². The normalized spacial score (nSPS) is 22.3. The van der Waals surface area contributed by atoms with E-state index in [1.165, 1.54) is 37.5 Å². The number of rotatable bonds is 5. The van der Waals surface area contributed by atoms with Crippen LogP contribution in [0.15, 0.2) is 34.5 Å². The molecule has 1 heterocycles. The molecule has 2 fully saturated rings. The van der Waals surface area contributed by atoms with Crippen molar-refractivity contribution in [3.8, 4) is 0 Å². The predicted octanol–water partition coefficient (Wildman–Crippen LogP) is 4.58. The Bertz CT molecular complexity index is 864. The second kappa shape index (κ2) is 9.63. The van der Waals surface area contributed by atoms with E-state index < -0.39 is 28.8 Å². The largest absolute Gasteiger partial charge is 0.418 e. The minimum absolute atomic E-state index is 0.271. The maximum atomic E-state index is 13.1. The SMILES string of the molecule is CC(=NN=C1NC(=O)[C@H](CC(=O)Nc2ccccc2C(F)(F)F)S1)C1CCCCC1. The van der Waals surface area contributed by atoms with Gasteiger partial charge in [0.05, 0.1) is 11.3 Å². The number of nitrogens with one attached hydrogen (secondary N) is 2. The van der Waals surface area contributed by atoms with Crippen LogP contribution >= 0.6 is 11.8 Å². The van der Waals surface area contributed by atoms with Crippen molar-refractivity contribution in [1.82, 2.24) is 5.32 Å². The summed E-state index contributed by atoms with van der Waals surface area (Å²) in [6.07, 6.45) is 0.901. The topological polar surface area (TPSA) is 82.9 Å². The summed E-state index contributed by atoms with van der Waals surface area (Å²) < 4.78 is 39.2. The lowest BCUT2D eigenvalue weighted by atomic mass is 9.86. The lowest BCUT2D eigenvalue weighted by molar-refractivity contribution is -0.137. The Morgan fingerprint density at radius 1 is 1.23 bits per heavy atom. The number of alkyl halides is 3. The maximum absolute atomic E-state index is 13.1. The minimum atomic E-state index is -4.59. The zero-order valence-electron chi connectivity index (χ0n) is 16.5. The van der Waals surface area contributed by atoms with Crippen LogP contribution in [0.5, 0.6) is 0 Å². The number of anilines is 1. The number of thioether (sulfide) groups is 1. The molecule has 6 nitrogen and oxygen atoms in total. The number of amidine groups is 1. The molecule has 10 heteroatoms. The van der Waals surface area contributed by atoms with Crippen LogP contribution in [0.4, 0.5) is 18.9 Å². The molecule has 2 amide bonds. The van der Waals surface area contributed by atoms with Gasteiger partial charge >= 0.3 is 6.18 Å². The predicted molar refractivity (Wildman–Crippen MR) is 111 cm³/mol. The third kappa shape index (κ3) is 5.84. The molecule has 0 bridgehead atoms. The van der Waals surface area contributed by atoms with E-state index in [1.807, 2.05) is 6.92 Å². The molecule has 162 valence electrons. The van der Waals surface area contributed by atoms with Crippen LogP contribution in [0.2, 0.25) is 0 Å². The fraction of sp³-hybridized carbons (Fsp3) is 0.500. The molecule has 2 N–H and O–H groups in total. The van der Waals surface area contributed by atoms with Crippen molar-refractivity contribution >= 4 is 40.1 Å². The van der Waals surface area contributed by atoms with Gasteiger partial charge in [0.15, 0.2) is 5.17 Å². The summed E-state index contributed by atoms with van der Waals surface area (Å²) in [5.74, 6) is -0.688. The summed E-state index contributed by atoms with van der Waals surface area (Å²) >= 11 is 1.06. The van der Waals surface area contributed by atoms with Crippen molar-refractivity contribution in [1.29, 1.82) is 0 Å². The van der Waals surface area contributed by atoms with Gasteiger partial charge < -0.3 is 10.6 Å². The highest BCUT2D eigenvalue weighted by molar-refractivity contribution is 8.15. The summed E-state index contributed by atoms with van der Waals surface area (Å²) in [5, 5.41) is 12.7. The zero-order chi connectivity index (χ0) is 21.7. The van der Waals surface area contributed by atoms with Crippen LogP contribution < -0.4 is 10.6 Å². The quantitative estimate of drug-likeness (QED) is 0.519. The second-order valence-electron chi connectivity index (χ2n) is 7.37. The second-order valence-corrected chi connectivity index (χ2v) is 8.56. The molecule has 0 radical (unpaired) electrons. The highest BCUT2D eigenvalue weighted by atomic mass is 32.2. The molecule has 0 unspecified atom stereocenters. The van der Waals surface area contributed by atoms with E-state index in [0.29, 0.717) is 11.1 Å². The number of halogens is 3. The van der Waals surface area contributed by atoms with E-state index in [-0.39, 0.29) is 12.1 Å². The Morgan fingerprint density at radius 3 is 2.63 bits per heavy atom. The molecule has 2 aliphatic rings. The van der Waals surface area contributed by atoms with Crippen LogP contribution in [-0.2, 0) is 15.8 Å². The number of benzene rings is 1. The first kappa shape index (κ1) is 22.3. The molecule has 0 spiro atoms. The number of carbonyl (C=O) groups is 2. The molecule has 1 aromatic rings. The van der Waals surface area contributed by atoms with E-state index in [9.17, 15) is 22.8 Å². The molecule has 1 aromatic carbocycles. The first-order chi connectivity index (χ1) is 14.2. The Balaban J connectivity index is 1.59. The Hall–Kier alpha value is -2.36. The Morgan fingerprint density at radius 2 is 1.93 bits per heavy atom. The molecule has 1 atom stereocenters. The molecule has 0 aromatic heterocycles. The summed E-state index contributed by atoms with van der Waals surface area (Å²) in [6.45, 7) is 1.92. The van der Waals surface area contributed by atoms with Crippen molar-refractivity contribution in [2.24, 2.45) is 16.1 Å². The lowest BCUT2D eigenvalue weighted by Crippen LogP contribution is -2.28. The first-order valence-electron chi connectivity index (χ1n) is 9.80. The number of carbonyl (C=O) groups excluding carboxylic acids is 2. The van der Waals surface area contributed by atoms with Gasteiger partial charge in [0.25, 0.3) is 0 Å². The van der Waals surface area contributed by atoms with E-state index in [0.717, 1.165) is 36.4 Å². The van der Waals surface area contributed by atoms with Gasteiger partial charge in [-0.25, -0.2) is 0 Å². The third-order valence-electron chi connectivity index (χ3n) is 5.15. The molecule has 1 aliphatic heterocycles. The van der Waals surface area contributed by atoms with Crippen molar-refractivity contribution in [3.63, 3.8) is 0 Å². The average Bonchev–Trinajstić information content (AvgIpc) is 3.05. The van der Waals surface area contributed by atoms with Gasteiger partial charge in [0.1, 0.15) is 5.25 Å². The number of para-hydroxylation sites is 1. The first-order valence-corrected chi connectivity index (χ1v) is 10.7. The van der Waals surface area contributed by atoms with Crippen LogP contribution in [-0.4, -0.2) is 27.9 Å². The molecule has 30 heavy (non-hydrogen) atoms. The van der Waals surface area contributed by atoms with Gasteiger partial charge in [-0.1, -0.05) is 43.2 Å². The number of nitrogens with zero attached hydrogens (tertiary/aromatic N) is 2. The van der Waals surface area contributed by atoms with Crippen molar-refractivity contribution in [2.45, 2.75) is 56.9 Å². The number of hydrogen-bond donors (Lipinski definition) is 2. The number of amides is 2. The molecular formula is C20H23F3N4O2S. The summed E-state index contributed by atoms with van der Waals surface area (Å²) in [6, 6.07) is 4.72. The van der Waals surface area contributed by atoms with Crippen LogP contribution in [0.3, 0.4) is 0 Å². The minimum Gasteiger partial charge on any atom is -0.325 e. The molecule has 1 aliphatic carbocycles. The Kier molecular flexibility index (Phi) is 7.17. The summed E-state index contributed by atoms with van der Waals surface area (Å²) in [4.78, 5) is 24.4. The highest BCUT2D eigenvalue weighted by Gasteiger charge is 2.35. The van der Waals surface area contributed by atoms with E-state index in [2.05, 4.69) is 20.8 Å². The van der Waals surface area contributed by atoms with Crippen molar-refractivity contribution < 1.29 is 22.8 Å². The van der Waals surface area contributed by atoms with Gasteiger partial charge in [0.2, 0.25) is 11.8 Å². The highest BCUT2D eigenvalue weighted by Crippen LogP contribution is 2.35. The van der Waals surface area contributed by atoms with Gasteiger partial charge in [-0.2, -0.15) is 18.3 Å². The van der Waals surface area contributed by atoms with Gasteiger partial charge in [0, 0.05) is 12.1 Å². The lowest BCUT2D eigenvalue weighted by Gasteiger charge is -2.20. The van der Waals surface area contributed by atoms with E-state index >= 15 is 0 Å². The van der Waals surface area contributed by atoms with Gasteiger partial charge in [-0.05, 0) is 37.8 Å². The van der Waals surface area contributed by atoms with Crippen LogP contribution in [0.1, 0.15) is 51.0 Å². The van der Waals surface area contributed by atoms with Crippen molar-refractivity contribution in [2.75, 3.05) is 5.32 Å². The molecule has 1 saturated carbocycles. The molecule has 1 saturated heterocycles. The standard InChI is InChI=1S/C20H23F3N4O2S/c1-12(13-7-3-2-4-8-13)26-27-19-25-18(29)16(30-19)11-17(28)24-15-10-6-5-9-14(15)20(21,22)23/h5-6,9-10,13,16H,2-4,7-8,11H2,1H3,(H,24,28)(H,25,27,29)/t16-/m0/s1. The van der Waals surface area contributed by atoms with E-state index in [1.54, 1.807) is 0 Å². The van der Waals surface area contributed by atoms with Crippen LogP contribution in [0, 0.1) is 5.92 Å². The van der Waals surface area contributed by atoms with Crippen molar-refractivity contribution in [3.05, 3.63) is 29.8 Å².